The molecule has 1 aromatic heterocycles. The topological polar surface area (TPSA) is 196 Å². The first-order chi connectivity index (χ1) is 32.1. The maximum absolute atomic E-state index is 13.1. The Bertz CT molecular complexity index is 2530. The lowest BCUT2D eigenvalue weighted by atomic mass is 10.2. The van der Waals surface area contributed by atoms with E-state index < -0.39 is 36.1 Å². The van der Waals surface area contributed by atoms with E-state index in [4.69, 9.17) is 37.9 Å². The van der Waals surface area contributed by atoms with E-state index in [1.807, 2.05) is 24.3 Å². The van der Waals surface area contributed by atoms with Gasteiger partial charge in [-0.05, 0) is 97.1 Å². The SMILES string of the molecule is C=CC(=O)OCCCCCOC(COc1ccc(/C=C/C(=O)Oc2ccc(OC(=O)/C=C/c3ccc(OCOC(=O)C=C)cc3)cc2/C=N/Nc2nc3ccccc3s2)cc1)OC(=O)C=C. The fraction of sp³-hybridized carbons (Fsp3) is 0.163. The number of unbranched alkanes of at least 4 members (excludes halogenated alkanes) is 2. The lowest BCUT2D eigenvalue weighted by molar-refractivity contribution is -0.179. The molecular formula is C49H45N3O13S. The summed E-state index contributed by atoms with van der Waals surface area (Å²) >= 11 is 1.40. The summed E-state index contributed by atoms with van der Waals surface area (Å²) in [5, 5.41) is 4.83. The molecule has 0 saturated heterocycles. The second kappa shape index (κ2) is 26.5. The van der Waals surface area contributed by atoms with Crippen molar-refractivity contribution in [2.24, 2.45) is 5.10 Å². The normalized spacial score (nSPS) is 11.5. The predicted molar refractivity (Wildman–Crippen MR) is 248 cm³/mol. The van der Waals surface area contributed by atoms with Crippen LogP contribution in [0.5, 0.6) is 23.0 Å². The fourth-order valence-electron chi connectivity index (χ4n) is 5.33. The Morgan fingerprint density at radius 1 is 0.667 bits per heavy atom. The van der Waals surface area contributed by atoms with Crippen molar-refractivity contribution in [1.82, 2.24) is 4.98 Å². The van der Waals surface area contributed by atoms with Crippen LogP contribution in [0.1, 0.15) is 36.0 Å². The van der Waals surface area contributed by atoms with Crippen molar-refractivity contribution in [3.63, 3.8) is 0 Å². The minimum Gasteiger partial charge on any atom is -0.487 e. The highest BCUT2D eigenvalue weighted by molar-refractivity contribution is 7.22. The van der Waals surface area contributed by atoms with Crippen LogP contribution in [0.25, 0.3) is 22.4 Å². The van der Waals surface area contributed by atoms with E-state index in [9.17, 15) is 24.0 Å². The molecule has 17 heteroatoms. The zero-order valence-electron chi connectivity index (χ0n) is 35.5. The number of ether oxygens (including phenoxy) is 8. The van der Waals surface area contributed by atoms with E-state index in [2.05, 4.69) is 35.2 Å². The molecule has 0 aliphatic carbocycles. The van der Waals surface area contributed by atoms with Gasteiger partial charge in [0.25, 0.3) is 0 Å². The number of hydrogen-bond acceptors (Lipinski definition) is 17. The van der Waals surface area contributed by atoms with Crippen molar-refractivity contribution in [1.29, 1.82) is 0 Å². The monoisotopic (exact) mass is 915 g/mol. The van der Waals surface area contributed by atoms with Crippen molar-refractivity contribution in [3.05, 3.63) is 158 Å². The van der Waals surface area contributed by atoms with Gasteiger partial charge < -0.3 is 37.9 Å². The van der Waals surface area contributed by atoms with Gasteiger partial charge in [-0.2, -0.15) is 5.10 Å². The molecule has 1 heterocycles. The number of nitrogens with zero attached hydrogens (tertiary/aromatic N) is 2. The van der Waals surface area contributed by atoms with E-state index in [0.29, 0.717) is 52.6 Å². The summed E-state index contributed by atoms with van der Waals surface area (Å²) < 4.78 is 44.0. The minimum absolute atomic E-state index is 0.0979. The molecule has 1 unspecified atom stereocenters. The van der Waals surface area contributed by atoms with Crippen LogP contribution in [-0.4, -0.2) is 73.9 Å². The first-order valence-corrected chi connectivity index (χ1v) is 21.0. The highest BCUT2D eigenvalue weighted by Gasteiger charge is 2.15. The molecule has 5 rings (SSSR count). The summed E-state index contributed by atoms with van der Waals surface area (Å²) in [5.41, 5.74) is 5.33. The van der Waals surface area contributed by atoms with Crippen LogP contribution in [0.15, 0.2) is 146 Å². The Kier molecular flexibility index (Phi) is 19.6. The largest absolute Gasteiger partial charge is 0.487 e. The van der Waals surface area contributed by atoms with Gasteiger partial charge in [0.15, 0.2) is 6.61 Å². The van der Waals surface area contributed by atoms with E-state index >= 15 is 0 Å². The highest BCUT2D eigenvalue weighted by atomic mass is 32.1. The van der Waals surface area contributed by atoms with Gasteiger partial charge in [0.2, 0.25) is 18.2 Å². The van der Waals surface area contributed by atoms with Crippen LogP contribution in [0.2, 0.25) is 0 Å². The van der Waals surface area contributed by atoms with Crippen molar-refractivity contribution < 1.29 is 61.9 Å². The van der Waals surface area contributed by atoms with Crippen LogP contribution >= 0.6 is 11.3 Å². The van der Waals surface area contributed by atoms with Gasteiger partial charge in [0.05, 0.1) is 29.6 Å². The summed E-state index contributed by atoms with van der Waals surface area (Å²) in [4.78, 5) is 64.6. The third kappa shape index (κ3) is 17.2. The molecule has 5 aromatic rings. The minimum atomic E-state index is -0.999. The molecule has 0 aliphatic rings. The Morgan fingerprint density at radius 2 is 1.29 bits per heavy atom. The number of rotatable bonds is 26. The van der Waals surface area contributed by atoms with E-state index in [1.54, 1.807) is 60.7 Å². The van der Waals surface area contributed by atoms with Crippen LogP contribution in [-0.2, 0) is 42.9 Å². The molecule has 1 atom stereocenters. The smallest absolute Gasteiger partial charge is 0.336 e. The number of benzene rings is 4. The predicted octanol–water partition coefficient (Wildman–Crippen LogP) is 8.40. The van der Waals surface area contributed by atoms with Gasteiger partial charge in [-0.1, -0.05) is 67.5 Å². The fourth-order valence-corrected chi connectivity index (χ4v) is 6.15. The summed E-state index contributed by atoms with van der Waals surface area (Å²) in [6, 6.07) is 25.5. The number of hydrazone groups is 1. The van der Waals surface area contributed by atoms with Crippen LogP contribution in [0.4, 0.5) is 5.13 Å². The molecule has 340 valence electrons. The van der Waals surface area contributed by atoms with E-state index in [-0.39, 0.29) is 38.1 Å². The van der Waals surface area contributed by atoms with Gasteiger partial charge in [0.1, 0.15) is 23.0 Å². The molecule has 0 fully saturated rings. The van der Waals surface area contributed by atoms with Gasteiger partial charge in [-0.25, -0.2) is 29.0 Å². The Balaban J connectivity index is 1.17. The number of anilines is 1. The van der Waals surface area contributed by atoms with Crippen molar-refractivity contribution >= 4 is 74.9 Å². The molecule has 66 heavy (non-hydrogen) atoms. The molecule has 0 amide bonds. The zero-order valence-corrected chi connectivity index (χ0v) is 36.4. The number of para-hydroxylation sites is 1. The quantitative estimate of drug-likeness (QED) is 0.00811. The van der Waals surface area contributed by atoms with Crippen LogP contribution < -0.4 is 24.4 Å². The second-order valence-corrected chi connectivity index (χ2v) is 14.3. The maximum Gasteiger partial charge on any atom is 0.336 e. The number of thiazole rings is 1. The lowest BCUT2D eigenvalue weighted by Gasteiger charge is -2.18. The molecule has 16 nitrogen and oxygen atoms in total. The average Bonchev–Trinajstić information content (AvgIpc) is 3.75. The van der Waals surface area contributed by atoms with E-state index in [1.165, 1.54) is 47.9 Å². The number of hydrogen-bond donors (Lipinski definition) is 1. The zero-order chi connectivity index (χ0) is 46.9. The molecular weight excluding hydrogens is 871 g/mol. The molecule has 1 N–H and O–H groups in total. The van der Waals surface area contributed by atoms with Crippen molar-refractivity contribution in [3.8, 4) is 23.0 Å². The molecule has 0 bridgehead atoms. The van der Waals surface area contributed by atoms with Gasteiger partial charge >= 0.3 is 29.8 Å². The standard InChI is InChI=1S/C49H45N3O13S/c1-4-43(53)58-28-10-7-11-29-59-48(65-45(55)6-3)32-60-37-20-14-34(15-21-37)19-27-47(57)64-41-25-24-39(30-36(41)31-50-52-49-51-40-12-8-9-13-42(40)66-49)63-46(56)26-18-35-16-22-38(23-17-35)61-33-62-44(54)5-2/h4-6,8-9,12-27,30-31,48H,1-3,7,10-11,28-29,32-33H2,(H,51,52)/b26-18+,27-19+,50-31+. The van der Waals surface area contributed by atoms with Crippen LogP contribution in [0, 0.1) is 0 Å². The Morgan fingerprint density at radius 3 is 1.97 bits per heavy atom. The van der Waals surface area contributed by atoms with Crippen molar-refractivity contribution in [2.45, 2.75) is 25.6 Å². The summed E-state index contributed by atoms with van der Waals surface area (Å²) in [6.45, 7) is 10.3. The van der Waals surface area contributed by atoms with Crippen molar-refractivity contribution in [2.75, 3.05) is 32.0 Å². The van der Waals surface area contributed by atoms with E-state index in [0.717, 1.165) is 28.4 Å². The number of esters is 5. The lowest BCUT2D eigenvalue weighted by Crippen LogP contribution is -2.27. The maximum atomic E-state index is 13.1. The first kappa shape index (κ1) is 48.9. The molecule has 0 spiro atoms. The second-order valence-electron chi connectivity index (χ2n) is 13.3. The molecule has 4 aromatic carbocycles. The third-order valence-electron chi connectivity index (χ3n) is 8.55. The Hall–Kier alpha value is -8.15. The number of carbonyl (C=O) groups is 5. The number of fused-ring (bicyclic) bond motifs is 1. The third-order valence-corrected chi connectivity index (χ3v) is 9.49. The summed E-state index contributed by atoms with van der Waals surface area (Å²) in [5.74, 6) is -1.95. The Labute approximate surface area is 384 Å². The summed E-state index contributed by atoms with van der Waals surface area (Å²) in [6.07, 6.45) is 11.1. The number of aromatic nitrogens is 1. The summed E-state index contributed by atoms with van der Waals surface area (Å²) in [7, 11) is 0. The highest BCUT2D eigenvalue weighted by Crippen LogP contribution is 2.27. The van der Waals surface area contributed by atoms with Gasteiger partial charge in [0, 0.05) is 35.9 Å². The molecule has 0 radical (unpaired) electrons. The van der Waals surface area contributed by atoms with Crippen LogP contribution in [0.3, 0.4) is 0 Å². The number of carbonyl (C=O) groups excluding carboxylic acids is 5. The van der Waals surface area contributed by atoms with Gasteiger partial charge in [-0.3, -0.25) is 5.43 Å². The molecule has 0 saturated carbocycles. The first-order valence-electron chi connectivity index (χ1n) is 20.2. The number of nitrogens with one attached hydrogen (secondary N) is 1. The van der Waals surface area contributed by atoms with Gasteiger partial charge in [-0.15, -0.1) is 0 Å². The average molecular weight is 916 g/mol. The molecule has 0 aliphatic heterocycles.